The third kappa shape index (κ3) is 7.40. The number of benzene rings is 1. The van der Waals surface area contributed by atoms with Gasteiger partial charge in [0.25, 0.3) is 0 Å². The van der Waals surface area contributed by atoms with Crippen LogP contribution in [0.25, 0.3) is 0 Å². The number of amides is 1. The highest BCUT2D eigenvalue weighted by Gasteiger charge is 2.38. The molecule has 2 rings (SSSR count). The first kappa shape index (κ1) is 24.9. The lowest BCUT2D eigenvalue weighted by Crippen LogP contribution is -2.54. The van der Waals surface area contributed by atoms with Crippen LogP contribution in [0.5, 0.6) is 5.75 Å². The lowest BCUT2D eigenvalue weighted by atomic mass is 9.70. The van der Waals surface area contributed by atoms with Crippen molar-refractivity contribution < 1.29 is 14.6 Å². The molecule has 1 aromatic rings. The van der Waals surface area contributed by atoms with Crippen LogP contribution in [0.4, 0.5) is 0 Å². The minimum Gasteiger partial charge on any atom is -0.465 e. The predicted molar refractivity (Wildman–Crippen MR) is 126 cm³/mol. The maximum absolute atomic E-state index is 11.8. The van der Waals surface area contributed by atoms with Gasteiger partial charge in [-0.3, -0.25) is 4.79 Å². The first-order valence-corrected chi connectivity index (χ1v) is 12.0. The smallest absolute Gasteiger partial charge is 0.231 e. The van der Waals surface area contributed by atoms with Crippen LogP contribution in [-0.2, 0) is 11.2 Å². The number of aliphatic hydroxyl groups excluding tert-OH is 1. The quantitative estimate of drug-likeness (QED) is 0.250. The van der Waals surface area contributed by atoms with Gasteiger partial charge in [0.05, 0.1) is 5.33 Å². The fraction of sp³-hybridized carbons (Fsp3) is 0.625. The van der Waals surface area contributed by atoms with Crippen molar-refractivity contribution in [2.45, 2.75) is 76.7 Å². The van der Waals surface area contributed by atoms with Crippen molar-refractivity contribution in [3.8, 4) is 5.75 Å². The molecular weight excluding hydrogens is 444 g/mol. The Bertz CT molecular complexity index is 699. The van der Waals surface area contributed by atoms with E-state index in [9.17, 15) is 9.90 Å². The summed E-state index contributed by atoms with van der Waals surface area (Å²) in [7, 11) is 0. The summed E-state index contributed by atoms with van der Waals surface area (Å²) in [6, 6.07) is 7.75. The molecule has 0 spiro atoms. The molecule has 1 aromatic carbocycles. The molecule has 0 aromatic heterocycles. The van der Waals surface area contributed by atoms with Crippen molar-refractivity contribution in [2.75, 3.05) is 11.9 Å². The van der Waals surface area contributed by atoms with Crippen molar-refractivity contribution in [2.24, 2.45) is 5.92 Å². The van der Waals surface area contributed by atoms with Gasteiger partial charge in [-0.1, -0.05) is 40.2 Å². The molecule has 1 fully saturated rings. The van der Waals surface area contributed by atoms with Crippen LogP contribution in [0.1, 0.15) is 58.4 Å². The summed E-state index contributed by atoms with van der Waals surface area (Å²) in [5.74, 6) is 1.21. The van der Waals surface area contributed by atoms with Crippen LogP contribution >= 0.6 is 15.9 Å². The maximum Gasteiger partial charge on any atom is 0.231 e. The van der Waals surface area contributed by atoms with Crippen LogP contribution in [0.2, 0.25) is 0 Å². The largest absolute Gasteiger partial charge is 0.465 e. The molecule has 30 heavy (non-hydrogen) atoms. The Kier molecular flexibility index (Phi) is 9.38. The number of hydrogen-bond acceptors (Lipinski definition) is 4. The van der Waals surface area contributed by atoms with Crippen molar-refractivity contribution in [1.82, 2.24) is 10.6 Å². The highest BCUT2D eigenvalue weighted by atomic mass is 79.9. The molecule has 1 atom stereocenters. The second kappa shape index (κ2) is 11.3. The van der Waals surface area contributed by atoms with E-state index in [4.69, 9.17) is 4.74 Å². The Hall–Kier alpha value is -1.37. The van der Waals surface area contributed by atoms with Gasteiger partial charge in [0.15, 0.2) is 6.29 Å². The number of carbonyl (C=O) groups is 1. The van der Waals surface area contributed by atoms with E-state index < -0.39 is 6.29 Å². The fourth-order valence-corrected chi connectivity index (χ4v) is 4.43. The molecule has 0 heterocycles. The molecule has 1 aliphatic rings. The monoisotopic (exact) mass is 480 g/mol. The number of carbonyl (C=O) groups excluding carboxylic acids is 1. The molecule has 0 aliphatic heterocycles. The zero-order valence-electron chi connectivity index (χ0n) is 18.5. The number of nitrogens with one attached hydrogen (secondary N) is 2. The number of halogens is 1. The van der Waals surface area contributed by atoms with Gasteiger partial charge in [0, 0.05) is 24.0 Å². The lowest BCUT2D eigenvalue weighted by Gasteiger charge is -2.44. The number of hydrogen-bond donors (Lipinski definition) is 3. The molecule has 5 nitrogen and oxygen atoms in total. The first-order chi connectivity index (χ1) is 14.2. The van der Waals surface area contributed by atoms with Crippen LogP contribution in [-0.4, -0.2) is 40.3 Å². The average molecular weight is 481 g/mol. The van der Waals surface area contributed by atoms with E-state index in [0.717, 1.165) is 31.2 Å². The van der Waals surface area contributed by atoms with Crippen LogP contribution in [0.15, 0.2) is 36.9 Å². The molecular formula is C24H37BrN2O3. The van der Waals surface area contributed by atoms with Crippen molar-refractivity contribution >= 4 is 21.8 Å². The van der Waals surface area contributed by atoms with Gasteiger partial charge in [-0.25, -0.2) is 0 Å². The fourth-order valence-electron chi connectivity index (χ4n) is 4.29. The molecule has 1 saturated carbocycles. The van der Waals surface area contributed by atoms with E-state index in [1.54, 1.807) is 0 Å². The third-order valence-corrected chi connectivity index (χ3v) is 6.74. The van der Waals surface area contributed by atoms with E-state index in [1.807, 2.05) is 30.3 Å². The second-order valence-corrected chi connectivity index (χ2v) is 9.69. The Morgan fingerprint density at radius 2 is 2.07 bits per heavy atom. The Labute approximate surface area is 189 Å². The van der Waals surface area contributed by atoms with Crippen molar-refractivity contribution in [3.05, 3.63) is 42.5 Å². The molecule has 6 heteroatoms. The summed E-state index contributed by atoms with van der Waals surface area (Å²) >= 11 is 3.22. The molecule has 0 radical (unpaired) electrons. The van der Waals surface area contributed by atoms with Crippen LogP contribution in [0.3, 0.4) is 0 Å². The van der Waals surface area contributed by atoms with Crippen LogP contribution in [0, 0.1) is 5.92 Å². The molecule has 1 amide bonds. The van der Waals surface area contributed by atoms with Gasteiger partial charge in [-0.05, 0) is 70.4 Å². The summed E-state index contributed by atoms with van der Waals surface area (Å²) in [6.07, 6.45) is 6.44. The zero-order valence-corrected chi connectivity index (χ0v) is 20.1. The Morgan fingerprint density at radius 1 is 1.40 bits per heavy atom. The minimum atomic E-state index is -0.846. The van der Waals surface area contributed by atoms with Gasteiger partial charge in [-0.2, -0.15) is 0 Å². The normalized spacial score (nSPS) is 22.9. The van der Waals surface area contributed by atoms with Crippen molar-refractivity contribution in [3.63, 3.8) is 0 Å². The average Bonchev–Trinajstić information content (AvgIpc) is 2.69. The highest BCUT2D eigenvalue weighted by Crippen LogP contribution is 2.37. The molecule has 1 aliphatic carbocycles. The van der Waals surface area contributed by atoms with E-state index >= 15 is 0 Å². The van der Waals surface area contributed by atoms with Gasteiger partial charge in [-0.15, -0.1) is 6.58 Å². The second-order valence-electron chi connectivity index (χ2n) is 9.13. The van der Waals surface area contributed by atoms with Gasteiger partial charge in [0.1, 0.15) is 5.75 Å². The summed E-state index contributed by atoms with van der Waals surface area (Å²) in [5, 5.41) is 17.4. The number of ether oxygens (including phenoxy) is 1. The van der Waals surface area contributed by atoms with E-state index in [1.165, 1.54) is 0 Å². The summed E-state index contributed by atoms with van der Waals surface area (Å²) < 4.78 is 5.75. The summed E-state index contributed by atoms with van der Waals surface area (Å²) in [4.78, 5) is 11.8. The van der Waals surface area contributed by atoms with Crippen molar-refractivity contribution in [1.29, 1.82) is 0 Å². The molecule has 0 bridgehead atoms. The van der Waals surface area contributed by atoms with Crippen LogP contribution < -0.4 is 15.4 Å². The topological polar surface area (TPSA) is 70.6 Å². The highest BCUT2D eigenvalue weighted by molar-refractivity contribution is 9.09. The SMILES string of the molecule is C=CCc1ccccc1OC(O)CCNC1(C)CCC(C(C)(C)NC(=O)CBr)CC1. The minimum absolute atomic E-state index is 0.0371. The maximum atomic E-state index is 11.8. The Morgan fingerprint density at radius 3 is 2.70 bits per heavy atom. The first-order valence-electron chi connectivity index (χ1n) is 10.8. The van der Waals surface area contributed by atoms with Gasteiger partial charge >= 0.3 is 0 Å². The van der Waals surface area contributed by atoms with E-state index in [2.05, 4.69) is 53.9 Å². The zero-order chi connectivity index (χ0) is 22.2. The molecule has 0 saturated heterocycles. The van der Waals surface area contributed by atoms with E-state index in [0.29, 0.717) is 36.4 Å². The predicted octanol–water partition coefficient (Wildman–Crippen LogP) is 4.33. The van der Waals surface area contributed by atoms with E-state index in [-0.39, 0.29) is 17.0 Å². The molecule has 1 unspecified atom stereocenters. The van der Waals surface area contributed by atoms with Gasteiger partial charge < -0.3 is 20.5 Å². The van der Waals surface area contributed by atoms with Gasteiger partial charge in [0.2, 0.25) is 5.91 Å². The summed E-state index contributed by atoms with van der Waals surface area (Å²) in [5.41, 5.74) is 0.876. The number of allylic oxidation sites excluding steroid dienone is 1. The number of aliphatic hydroxyl groups is 1. The lowest BCUT2D eigenvalue weighted by molar-refractivity contribution is -0.120. The Balaban J connectivity index is 1.77. The standard InChI is InChI=1S/C24H37BrN2O3/c1-5-8-18-9-6-7-10-20(18)30-22(29)13-16-26-24(4)14-11-19(12-15-24)23(2,3)27-21(28)17-25/h5-7,9-10,19,22,26,29H,1,8,11-17H2,2-4H3,(H,27,28). The summed E-state index contributed by atoms with van der Waals surface area (Å²) in [6.45, 7) is 10.9. The molecule has 3 N–H and O–H groups in total. The number of rotatable bonds is 11. The third-order valence-electron chi connectivity index (χ3n) is 6.24. The number of alkyl halides is 1. The molecule has 168 valence electrons. The number of para-hydroxylation sites is 1.